The smallest absolute Gasteiger partial charge is 0.124 e. The molecular weight excluding hydrogens is 254 g/mol. The summed E-state index contributed by atoms with van der Waals surface area (Å²) in [7, 11) is 1.68. The molecule has 1 atom stereocenters. The van der Waals surface area contributed by atoms with E-state index in [1.54, 1.807) is 7.11 Å². The summed E-state index contributed by atoms with van der Waals surface area (Å²) in [6, 6.07) is 6.33. The highest BCUT2D eigenvalue weighted by molar-refractivity contribution is 9.10. The van der Waals surface area contributed by atoms with E-state index in [1.165, 1.54) is 0 Å². The average molecular weight is 270 g/mol. The van der Waals surface area contributed by atoms with Gasteiger partial charge in [0, 0.05) is 22.6 Å². The second-order valence-electron chi connectivity index (χ2n) is 3.36. The van der Waals surface area contributed by atoms with Crippen LogP contribution in [0.15, 0.2) is 35.3 Å². The Kier molecular flexibility index (Phi) is 4.85. The lowest BCUT2D eigenvalue weighted by Crippen LogP contribution is -2.23. The fourth-order valence-corrected chi connectivity index (χ4v) is 1.56. The molecule has 1 rings (SSSR count). The Morgan fingerprint density at radius 1 is 1.60 bits per heavy atom. The van der Waals surface area contributed by atoms with E-state index in [0.29, 0.717) is 6.04 Å². The Bertz CT molecular complexity index is 338. The minimum Gasteiger partial charge on any atom is -0.496 e. The standard InChI is InChI=1S/C12H16BrNO/c1-4-9(2)14-8-10-5-6-11(13)7-12(10)15-3/h4-7,9,14H,1,8H2,2-3H3. The van der Waals surface area contributed by atoms with Crippen molar-refractivity contribution >= 4 is 15.9 Å². The van der Waals surface area contributed by atoms with Crippen LogP contribution in [0.2, 0.25) is 0 Å². The third kappa shape index (κ3) is 3.68. The summed E-state index contributed by atoms with van der Waals surface area (Å²) in [4.78, 5) is 0. The molecule has 2 nitrogen and oxygen atoms in total. The van der Waals surface area contributed by atoms with E-state index in [1.807, 2.05) is 24.3 Å². The van der Waals surface area contributed by atoms with Crippen LogP contribution in [-0.4, -0.2) is 13.2 Å². The third-order valence-electron chi connectivity index (χ3n) is 2.22. The zero-order chi connectivity index (χ0) is 11.3. The second kappa shape index (κ2) is 5.93. The van der Waals surface area contributed by atoms with Crippen LogP contribution >= 0.6 is 15.9 Å². The third-order valence-corrected chi connectivity index (χ3v) is 2.71. The molecule has 0 bridgehead atoms. The van der Waals surface area contributed by atoms with Gasteiger partial charge in [0.1, 0.15) is 5.75 Å². The molecule has 0 spiro atoms. The normalized spacial score (nSPS) is 12.2. The first kappa shape index (κ1) is 12.3. The number of halogens is 1. The second-order valence-corrected chi connectivity index (χ2v) is 4.28. The van der Waals surface area contributed by atoms with E-state index in [9.17, 15) is 0 Å². The number of rotatable bonds is 5. The van der Waals surface area contributed by atoms with Crippen LogP contribution in [0.1, 0.15) is 12.5 Å². The molecule has 0 fully saturated rings. The first-order chi connectivity index (χ1) is 7.17. The van der Waals surface area contributed by atoms with Crippen molar-refractivity contribution in [1.82, 2.24) is 5.32 Å². The number of hydrogen-bond acceptors (Lipinski definition) is 2. The highest BCUT2D eigenvalue weighted by Gasteiger charge is 2.04. The minimum absolute atomic E-state index is 0.304. The summed E-state index contributed by atoms with van der Waals surface area (Å²) in [5.74, 6) is 0.896. The van der Waals surface area contributed by atoms with Crippen molar-refractivity contribution < 1.29 is 4.74 Å². The monoisotopic (exact) mass is 269 g/mol. The maximum atomic E-state index is 5.30. The molecule has 1 unspecified atom stereocenters. The molecule has 1 N–H and O–H groups in total. The van der Waals surface area contributed by atoms with Gasteiger partial charge in [0.15, 0.2) is 0 Å². The highest BCUT2D eigenvalue weighted by Crippen LogP contribution is 2.23. The molecule has 0 aliphatic carbocycles. The zero-order valence-corrected chi connectivity index (χ0v) is 10.7. The van der Waals surface area contributed by atoms with Crippen LogP contribution in [0.5, 0.6) is 5.75 Å². The van der Waals surface area contributed by atoms with Gasteiger partial charge in [-0.25, -0.2) is 0 Å². The van der Waals surface area contributed by atoms with Gasteiger partial charge >= 0.3 is 0 Å². The highest BCUT2D eigenvalue weighted by atomic mass is 79.9. The van der Waals surface area contributed by atoms with Crippen LogP contribution in [-0.2, 0) is 6.54 Å². The SMILES string of the molecule is C=CC(C)NCc1ccc(Br)cc1OC. The van der Waals surface area contributed by atoms with Gasteiger partial charge in [0.05, 0.1) is 7.11 Å². The van der Waals surface area contributed by atoms with Gasteiger partial charge in [-0.2, -0.15) is 0 Å². The molecule has 82 valence electrons. The summed E-state index contributed by atoms with van der Waals surface area (Å²) >= 11 is 3.41. The number of nitrogens with one attached hydrogen (secondary N) is 1. The predicted octanol–water partition coefficient (Wildman–Crippen LogP) is 3.12. The minimum atomic E-state index is 0.304. The maximum Gasteiger partial charge on any atom is 0.124 e. The van der Waals surface area contributed by atoms with E-state index in [4.69, 9.17) is 4.74 Å². The van der Waals surface area contributed by atoms with Crippen molar-refractivity contribution in [2.45, 2.75) is 19.5 Å². The van der Waals surface area contributed by atoms with Crippen LogP contribution in [0.4, 0.5) is 0 Å². The molecule has 0 saturated heterocycles. The molecule has 0 aliphatic heterocycles. The Morgan fingerprint density at radius 2 is 2.33 bits per heavy atom. The predicted molar refractivity (Wildman–Crippen MR) is 67.2 cm³/mol. The summed E-state index contributed by atoms with van der Waals surface area (Å²) in [6.45, 7) is 6.58. The van der Waals surface area contributed by atoms with Gasteiger partial charge in [0.25, 0.3) is 0 Å². The van der Waals surface area contributed by atoms with Crippen molar-refractivity contribution in [3.05, 3.63) is 40.9 Å². The molecule has 1 aromatic rings. The Hall–Kier alpha value is -0.800. The lowest BCUT2D eigenvalue weighted by molar-refractivity contribution is 0.407. The van der Waals surface area contributed by atoms with Crippen LogP contribution in [0.25, 0.3) is 0 Å². The molecule has 0 saturated carbocycles. The molecule has 0 aliphatic rings. The fourth-order valence-electron chi connectivity index (χ4n) is 1.22. The van der Waals surface area contributed by atoms with Crippen molar-refractivity contribution in [3.8, 4) is 5.75 Å². The van der Waals surface area contributed by atoms with Gasteiger partial charge in [-0.15, -0.1) is 6.58 Å². The van der Waals surface area contributed by atoms with Gasteiger partial charge in [-0.1, -0.05) is 28.1 Å². The van der Waals surface area contributed by atoms with Gasteiger partial charge in [-0.05, 0) is 19.1 Å². The fraction of sp³-hybridized carbons (Fsp3) is 0.333. The van der Waals surface area contributed by atoms with E-state index >= 15 is 0 Å². The largest absolute Gasteiger partial charge is 0.496 e. The van der Waals surface area contributed by atoms with Gasteiger partial charge in [0.2, 0.25) is 0 Å². The summed E-state index contributed by atoms with van der Waals surface area (Å²) in [6.07, 6.45) is 1.88. The summed E-state index contributed by atoms with van der Waals surface area (Å²) in [5.41, 5.74) is 1.15. The lowest BCUT2D eigenvalue weighted by Gasteiger charge is -2.12. The van der Waals surface area contributed by atoms with Gasteiger partial charge in [-0.3, -0.25) is 0 Å². The van der Waals surface area contributed by atoms with Crippen molar-refractivity contribution in [2.24, 2.45) is 0 Å². The molecular formula is C12H16BrNO. The lowest BCUT2D eigenvalue weighted by atomic mass is 10.2. The first-order valence-electron chi connectivity index (χ1n) is 4.85. The van der Waals surface area contributed by atoms with E-state index < -0.39 is 0 Å². The molecule has 0 aromatic heterocycles. The van der Waals surface area contributed by atoms with Gasteiger partial charge < -0.3 is 10.1 Å². The quantitative estimate of drug-likeness (QED) is 0.830. The molecule has 1 aromatic carbocycles. The first-order valence-corrected chi connectivity index (χ1v) is 5.65. The summed E-state index contributed by atoms with van der Waals surface area (Å²) in [5, 5.41) is 3.33. The summed E-state index contributed by atoms with van der Waals surface area (Å²) < 4.78 is 6.32. The molecule has 0 amide bonds. The zero-order valence-electron chi connectivity index (χ0n) is 9.09. The number of benzene rings is 1. The van der Waals surface area contributed by atoms with Crippen LogP contribution < -0.4 is 10.1 Å². The average Bonchev–Trinajstić information content (AvgIpc) is 2.26. The van der Waals surface area contributed by atoms with E-state index in [-0.39, 0.29) is 0 Å². The number of hydrogen-bond donors (Lipinski definition) is 1. The molecule has 3 heteroatoms. The van der Waals surface area contributed by atoms with Crippen molar-refractivity contribution in [1.29, 1.82) is 0 Å². The Balaban J connectivity index is 2.71. The van der Waals surface area contributed by atoms with E-state index in [0.717, 1.165) is 22.3 Å². The Labute approximate surface area is 99.5 Å². The molecule has 0 radical (unpaired) electrons. The number of methoxy groups -OCH3 is 1. The van der Waals surface area contributed by atoms with E-state index in [2.05, 4.69) is 34.7 Å². The van der Waals surface area contributed by atoms with Crippen LogP contribution in [0.3, 0.4) is 0 Å². The van der Waals surface area contributed by atoms with Crippen molar-refractivity contribution in [3.63, 3.8) is 0 Å². The molecule has 15 heavy (non-hydrogen) atoms. The topological polar surface area (TPSA) is 21.3 Å². The van der Waals surface area contributed by atoms with Crippen LogP contribution in [0, 0.1) is 0 Å². The maximum absolute atomic E-state index is 5.30. The number of ether oxygens (including phenoxy) is 1. The Morgan fingerprint density at radius 3 is 2.93 bits per heavy atom. The van der Waals surface area contributed by atoms with Crippen molar-refractivity contribution in [2.75, 3.05) is 7.11 Å². The molecule has 0 heterocycles.